The van der Waals surface area contributed by atoms with Crippen LogP contribution in [0.1, 0.15) is 17.3 Å². The van der Waals surface area contributed by atoms with E-state index < -0.39 is 24.9 Å². The average Bonchev–Trinajstić information content (AvgIpc) is 2.66. The summed E-state index contributed by atoms with van der Waals surface area (Å²) >= 11 is 6.30. The summed E-state index contributed by atoms with van der Waals surface area (Å²) < 4.78 is 31.5. The van der Waals surface area contributed by atoms with Crippen LogP contribution in [0, 0.1) is 0 Å². The molecule has 1 aliphatic heterocycles. The van der Waals surface area contributed by atoms with E-state index in [1.54, 1.807) is 48.3 Å². The maximum absolute atomic E-state index is 12.9. The van der Waals surface area contributed by atoms with E-state index >= 15 is 0 Å². The van der Waals surface area contributed by atoms with Crippen LogP contribution in [0.4, 0.5) is 8.78 Å². The number of benzene rings is 2. The van der Waals surface area contributed by atoms with Crippen LogP contribution in [0.25, 0.3) is 11.1 Å². The third-order valence-electron chi connectivity index (χ3n) is 4.75. The van der Waals surface area contributed by atoms with Gasteiger partial charge in [0.05, 0.1) is 24.7 Å². The molecule has 1 aliphatic rings. The van der Waals surface area contributed by atoms with Crippen molar-refractivity contribution in [3.05, 3.63) is 53.1 Å². The maximum Gasteiger partial charge on any atom is 0.282 e. The molecule has 1 fully saturated rings. The van der Waals surface area contributed by atoms with E-state index in [0.717, 1.165) is 16.0 Å². The van der Waals surface area contributed by atoms with Gasteiger partial charge in [0, 0.05) is 19.5 Å². The highest BCUT2D eigenvalue weighted by Crippen LogP contribution is 2.31. The van der Waals surface area contributed by atoms with Gasteiger partial charge in [-0.1, -0.05) is 29.8 Å². The summed E-state index contributed by atoms with van der Waals surface area (Å²) in [5.74, 6) is -2.71. The molecule has 8 heteroatoms. The zero-order valence-corrected chi connectivity index (χ0v) is 16.9. The minimum Gasteiger partial charge on any atom is -0.490 e. The Hall–Kier alpha value is -2.67. The summed E-state index contributed by atoms with van der Waals surface area (Å²) in [5.41, 5.74) is 2.03. The number of ether oxygens (including phenoxy) is 1. The molecule has 154 valence electrons. The number of carbonyl (C=O) groups is 2. The van der Waals surface area contributed by atoms with Gasteiger partial charge in [-0.3, -0.25) is 9.59 Å². The van der Waals surface area contributed by atoms with Gasteiger partial charge in [-0.25, -0.2) is 8.78 Å². The number of halogens is 3. The quantitative estimate of drug-likeness (QED) is 0.708. The Bertz CT molecular complexity index is 911. The highest BCUT2D eigenvalue weighted by molar-refractivity contribution is 6.32. The number of nitrogens with zero attached hydrogens (tertiary/aromatic N) is 2. The third-order valence-corrected chi connectivity index (χ3v) is 5.05. The number of hydrogen-bond acceptors (Lipinski definition) is 3. The standard InChI is InChI=1S/C21H21ClF2N2O3/c1-14(27)25(2)9-10-29-19-8-7-17(11-18(19)22)15-3-5-16(6-4-15)20(28)26-12-21(23,24)13-26/h3-8,11H,9-10,12-13H2,1-2H3. The minimum atomic E-state index is -2.78. The molecule has 2 aromatic carbocycles. The Morgan fingerprint density at radius 2 is 1.76 bits per heavy atom. The summed E-state index contributed by atoms with van der Waals surface area (Å²) in [6.07, 6.45) is 0. The molecule has 0 radical (unpaired) electrons. The van der Waals surface area contributed by atoms with E-state index in [1.165, 1.54) is 6.92 Å². The van der Waals surface area contributed by atoms with Crippen molar-refractivity contribution in [1.29, 1.82) is 0 Å². The topological polar surface area (TPSA) is 49.9 Å². The van der Waals surface area contributed by atoms with E-state index in [9.17, 15) is 18.4 Å². The second-order valence-corrected chi connectivity index (χ2v) is 7.44. The molecule has 0 saturated carbocycles. The van der Waals surface area contributed by atoms with Crippen molar-refractivity contribution in [3.63, 3.8) is 0 Å². The Labute approximate surface area is 172 Å². The summed E-state index contributed by atoms with van der Waals surface area (Å²) in [4.78, 5) is 26.1. The number of carbonyl (C=O) groups excluding carboxylic acids is 2. The lowest BCUT2D eigenvalue weighted by Crippen LogP contribution is -2.58. The molecule has 0 spiro atoms. The first-order valence-corrected chi connectivity index (χ1v) is 9.46. The zero-order valence-electron chi connectivity index (χ0n) is 16.1. The van der Waals surface area contributed by atoms with Crippen LogP contribution in [0.3, 0.4) is 0 Å². The first-order valence-electron chi connectivity index (χ1n) is 9.08. The lowest BCUT2D eigenvalue weighted by atomic mass is 10.0. The molecule has 1 saturated heterocycles. The SMILES string of the molecule is CC(=O)N(C)CCOc1ccc(-c2ccc(C(=O)N3CC(F)(F)C3)cc2)cc1Cl. The van der Waals surface area contributed by atoms with Gasteiger partial charge in [-0.05, 0) is 35.4 Å². The van der Waals surface area contributed by atoms with Gasteiger partial charge in [0.15, 0.2) is 0 Å². The van der Waals surface area contributed by atoms with E-state index in [0.29, 0.717) is 29.5 Å². The van der Waals surface area contributed by atoms with E-state index in [4.69, 9.17) is 16.3 Å². The number of alkyl halides is 2. The maximum atomic E-state index is 12.9. The lowest BCUT2D eigenvalue weighted by Gasteiger charge is -2.38. The molecule has 0 N–H and O–H groups in total. The first kappa shape index (κ1) is 21.0. The smallest absolute Gasteiger partial charge is 0.282 e. The van der Waals surface area contributed by atoms with Gasteiger partial charge in [0.1, 0.15) is 12.4 Å². The van der Waals surface area contributed by atoms with Crippen molar-refractivity contribution in [1.82, 2.24) is 9.80 Å². The Kier molecular flexibility index (Phi) is 6.07. The number of likely N-dealkylation sites (N-methyl/N-ethyl adjacent to an activating group) is 1. The fraction of sp³-hybridized carbons (Fsp3) is 0.333. The van der Waals surface area contributed by atoms with Crippen molar-refractivity contribution < 1.29 is 23.1 Å². The van der Waals surface area contributed by atoms with Gasteiger partial charge in [-0.2, -0.15) is 0 Å². The summed E-state index contributed by atoms with van der Waals surface area (Å²) in [6.45, 7) is 1.19. The molecule has 0 atom stereocenters. The predicted molar refractivity (Wildman–Crippen MR) is 107 cm³/mol. The highest BCUT2D eigenvalue weighted by atomic mass is 35.5. The van der Waals surface area contributed by atoms with Crippen LogP contribution in [0.2, 0.25) is 5.02 Å². The van der Waals surface area contributed by atoms with Gasteiger partial charge in [-0.15, -0.1) is 0 Å². The van der Waals surface area contributed by atoms with Crippen molar-refractivity contribution in [2.24, 2.45) is 0 Å². The summed E-state index contributed by atoms with van der Waals surface area (Å²) in [5, 5.41) is 0.427. The third kappa shape index (κ3) is 5.03. The van der Waals surface area contributed by atoms with Crippen molar-refractivity contribution in [2.45, 2.75) is 12.8 Å². The van der Waals surface area contributed by atoms with Crippen LogP contribution in [-0.4, -0.2) is 60.8 Å². The Balaban J connectivity index is 1.63. The van der Waals surface area contributed by atoms with Crippen molar-refractivity contribution >= 4 is 23.4 Å². The number of amides is 2. The van der Waals surface area contributed by atoms with Crippen LogP contribution in [0.15, 0.2) is 42.5 Å². The largest absolute Gasteiger partial charge is 0.490 e. The fourth-order valence-corrected chi connectivity index (χ4v) is 3.13. The molecule has 0 bridgehead atoms. The van der Waals surface area contributed by atoms with Crippen LogP contribution < -0.4 is 4.74 Å². The Morgan fingerprint density at radius 1 is 1.14 bits per heavy atom. The molecule has 0 aliphatic carbocycles. The van der Waals surface area contributed by atoms with E-state index in [1.807, 2.05) is 6.07 Å². The van der Waals surface area contributed by atoms with Crippen LogP contribution in [-0.2, 0) is 4.79 Å². The molecule has 29 heavy (non-hydrogen) atoms. The number of hydrogen-bond donors (Lipinski definition) is 0. The molecule has 5 nitrogen and oxygen atoms in total. The summed E-state index contributed by atoms with van der Waals surface area (Å²) in [7, 11) is 1.69. The molecule has 0 unspecified atom stereocenters. The minimum absolute atomic E-state index is 0.0419. The molecule has 1 heterocycles. The molecular weight excluding hydrogens is 402 g/mol. The molecular formula is C21H21ClF2N2O3. The fourth-order valence-electron chi connectivity index (χ4n) is 2.89. The first-order chi connectivity index (χ1) is 13.7. The summed E-state index contributed by atoms with van der Waals surface area (Å²) in [6, 6.07) is 12.1. The van der Waals surface area contributed by atoms with Gasteiger partial charge < -0.3 is 14.5 Å². The molecule has 2 amide bonds. The monoisotopic (exact) mass is 422 g/mol. The molecule has 3 rings (SSSR count). The predicted octanol–water partition coefficient (Wildman–Crippen LogP) is 3.96. The van der Waals surface area contributed by atoms with Crippen molar-refractivity contribution in [3.8, 4) is 16.9 Å². The zero-order chi connectivity index (χ0) is 21.2. The van der Waals surface area contributed by atoms with E-state index in [2.05, 4.69) is 0 Å². The normalized spacial score (nSPS) is 14.9. The second-order valence-electron chi connectivity index (χ2n) is 7.03. The second kappa shape index (κ2) is 8.37. The average molecular weight is 423 g/mol. The van der Waals surface area contributed by atoms with Gasteiger partial charge >= 0.3 is 0 Å². The Morgan fingerprint density at radius 3 is 2.31 bits per heavy atom. The number of likely N-dealkylation sites (tertiary alicyclic amines) is 1. The van der Waals surface area contributed by atoms with Crippen LogP contribution in [0.5, 0.6) is 5.75 Å². The van der Waals surface area contributed by atoms with Gasteiger partial charge in [0.25, 0.3) is 11.8 Å². The van der Waals surface area contributed by atoms with Crippen molar-refractivity contribution in [2.75, 3.05) is 33.3 Å². The molecule has 2 aromatic rings. The van der Waals surface area contributed by atoms with Gasteiger partial charge in [0.2, 0.25) is 5.91 Å². The van der Waals surface area contributed by atoms with E-state index in [-0.39, 0.29) is 5.91 Å². The number of rotatable bonds is 6. The molecule has 0 aromatic heterocycles. The highest BCUT2D eigenvalue weighted by Gasteiger charge is 2.46. The van der Waals surface area contributed by atoms with Crippen LogP contribution >= 0.6 is 11.6 Å². The lowest BCUT2D eigenvalue weighted by molar-refractivity contribution is -0.127.